The molecule has 0 saturated carbocycles. The van der Waals surface area contributed by atoms with E-state index in [-0.39, 0.29) is 5.91 Å². The summed E-state index contributed by atoms with van der Waals surface area (Å²) < 4.78 is 10.7. The van der Waals surface area contributed by atoms with Gasteiger partial charge in [-0.1, -0.05) is 30.1 Å². The van der Waals surface area contributed by atoms with Gasteiger partial charge in [0.2, 0.25) is 5.91 Å². The molecule has 5 nitrogen and oxygen atoms in total. The summed E-state index contributed by atoms with van der Waals surface area (Å²) in [4.78, 5) is 12.0. The Morgan fingerprint density at radius 2 is 1.89 bits per heavy atom. The van der Waals surface area contributed by atoms with Crippen LogP contribution >= 0.6 is 23.2 Å². The maximum absolute atomic E-state index is 12.0. The number of hydrogen-bond acceptors (Lipinski definition) is 4. The number of nitrogens with zero attached hydrogens (tertiary/aromatic N) is 1. The van der Waals surface area contributed by atoms with Gasteiger partial charge in [-0.05, 0) is 60.9 Å². The van der Waals surface area contributed by atoms with Crippen LogP contribution in [0.15, 0.2) is 47.6 Å². The van der Waals surface area contributed by atoms with Gasteiger partial charge in [-0.15, -0.1) is 0 Å². The molecule has 0 aliphatic carbocycles. The highest BCUT2D eigenvalue weighted by Gasteiger charge is 2.06. The number of rotatable bonds is 9. The van der Waals surface area contributed by atoms with Crippen LogP contribution in [0.25, 0.3) is 0 Å². The first-order chi connectivity index (χ1) is 13.0. The number of benzene rings is 2. The van der Waals surface area contributed by atoms with E-state index in [1.807, 2.05) is 31.2 Å². The van der Waals surface area contributed by atoms with Crippen LogP contribution in [-0.4, -0.2) is 25.3 Å². The SMILES string of the molecule is CC/C(=N\NC(=O)CCCOc1ccc(Cl)cc1Cl)c1ccc(OC)cc1. The lowest BCUT2D eigenvalue weighted by Crippen LogP contribution is -2.20. The van der Waals surface area contributed by atoms with Crippen molar-refractivity contribution < 1.29 is 14.3 Å². The third kappa shape index (κ3) is 6.77. The van der Waals surface area contributed by atoms with Gasteiger partial charge in [0.15, 0.2) is 0 Å². The lowest BCUT2D eigenvalue weighted by molar-refractivity contribution is -0.121. The Kier molecular flexibility index (Phi) is 8.43. The molecule has 27 heavy (non-hydrogen) atoms. The van der Waals surface area contributed by atoms with Crippen molar-refractivity contribution in [3.05, 3.63) is 58.1 Å². The molecule has 2 aromatic rings. The van der Waals surface area contributed by atoms with Crippen LogP contribution in [0.3, 0.4) is 0 Å². The second kappa shape index (κ2) is 10.8. The minimum atomic E-state index is -0.166. The van der Waals surface area contributed by atoms with Crippen LogP contribution in [0.2, 0.25) is 10.0 Å². The van der Waals surface area contributed by atoms with Crippen molar-refractivity contribution in [2.45, 2.75) is 26.2 Å². The number of methoxy groups -OCH3 is 1. The third-order valence-electron chi connectivity index (χ3n) is 3.77. The number of amides is 1. The number of nitrogens with one attached hydrogen (secondary N) is 1. The Balaban J connectivity index is 1.79. The Labute approximate surface area is 169 Å². The summed E-state index contributed by atoms with van der Waals surface area (Å²) in [5.74, 6) is 1.16. The highest BCUT2D eigenvalue weighted by molar-refractivity contribution is 6.35. The molecule has 2 aromatic carbocycles. The Bertz CT molecular complexity index is 792. The van der Waals surface area contributed by atoms with E-state index in [0.717, 1.165) is 17.0 Å². The molecule has 0 radical (unpaired) electrons. The van der Waals surface area contributed by atoms with Crippen LogP contribution in [0.4, 0.5) is 0 Å². The molecule has 1 N–H and O–H groups in total. The lowest BCUT2D eigenvalue weighted by atomic mass is 10.1. The summed E-state index contributed by atoms with van der Waals surface area (Å²) in [6.45, 7) is 2.36. The van der Waals surface area contributed by atoms with Crippen molar-refractivity contribution in [2.24, 2.45) is 5.10 Å². The first kappa shape index (κ1) is 21.1. The molecule has 0 saturated heterocycles. The summed E-state index contributed by atoms with van der Waals surface area (Å²) in [6, 6.07) is 12.6. The number of hydrazone groups is 1. The van der Waals surface area contributed by atoms with Crippen LogP contribution in [0, 0.1) is 0 Å². The van der Waals surface area contributed by atoms with Gasteiger partial charge in [-0.2, -0.15) is 5.10 Å². The fourth-order valence-electron chi connectivity index (χ4n) is 2.32. The number of carbonyl (C=O) groups is 1. The predicted octanol–water partition coefficient (Wildman–Crippen LogP) is 5.09. The summed E-state index contributed by atoms with van der Waals surface area (Å²) in [6.07, 6.45) is 1.55. The van der Waals surface area contributed by atoms with E-state index in [0.29, 0.717) is 41.7 Å². The number of hydrogen-bond donors (Lipinski definition) is 1. The molecule has 0 atom stereocenters. The molecule has 0 heterocycles. The van der Waals surface area contributed by atoms with Gasteiger partial charge in [0.05, 0.1) is 24.5 Å². The predicted molar refractivity (Wildman–Crippen MR) is 109 cm³/mol. The first-order valence-corrected chi connectivity index (χ1v) is 9.36. The summed E-state index contributed by atoms with van der Waals surface area (Å²) in [5, 5.41) is 5.23. The van der Waals surface area contributed by atoms with E-state index in [4.69, 9.17) is 32.7 Å². The zero-order valence-corrected chi connectivity index (χ0v) is 16.8. The van der Waals surface area contributed by atoms with Gasteiger partial charge in [0, 0.05) is 11.4 Å². The molecule has 0 aromatic heterocycles. The summed E-state index contributed by atoms with van der Waals surface area (Å²) in [7, 11) is 1.62. The van der Waals surface area contributed by atoms with Crippen LogP contribution in [-0.2, 0) is 4.79 Å². The number of carbonyl (C=O) groups excluding carboxylic acids is 1. The van der Waals surface area contributed by atoms with Gasteiger partial charge in [-0.25, -0.2) is 5.43 Å². The number of halogens is 2. The smallest absolute Gasteiger partial charge is 0.240 e. The standard InChI is InChI=1S/C20H22Cl2N2O3/c1-3-18(14-6-9-16(26-2)10-7-14)23-24-20(25)5-4-12-27-19-11-8-15(21)13-17(19)22/h6-11,13H,3-5,12H2,1-2H3,(H,24,25)/b23-18+. The van der Waals surface area contributed by atoms with Gasteiger partial charge in [0.25, 0.3) is 0 Å². The molecule has 0 unspecified atom stereocenters. The van der Waals surface area contributed by atoms with Gasteiger partial charge in [-0.3, -0.25) is 4.79 Å². The molecule has 0 bridgehead atoms. The van der Waals surface area contributed by atoms with Crippen LogP contribution in [0.5, 0.6) is 11.5 Å². The molecule has 0 fully saturated rings. The molecule has 1 amide bonds. The zero-order chi connectivity index (χ0) is 19.6. The van der Waals surface area contributed by atoms with Crippen molar-refractivity contribution in [3.8, 4) is 11.5 Å². The molecular weight excluding hydrogens is 387 g/mol. The molecule has 7 heteroatoms. The quantitative estimate of drug-likeness (QED) is 0.357. The summed E-state index contributed by atoms with van der Waals surface area (Å²) in [5.41, 5.74) is 4.34. The van der Waals surface area contributed by atoms with Gasteiger partial charge >= 0.3 is 0 Å². The molecule has 0 aliphatic rings. The summed E-state index contributed by atoms with van der Waals surface area (Å²) >= 11 is 11.9. The minimum absolute atomic E-state index is 0.166. The molecule has 144 valence electrons. The minimum Gasteiger partial charge on any atom is -0.497 e. The topological polar surface area (TPSA) is 59.9 Å². The lowest BCUT2D eigenvalue weighted by Gasteiger charge is -2.08. The fourth-order valence-corrected chi connectivity index (χ4v) is 2.79. The number of ether oxygens (including phenoxy) is 2. The van der Waals surface area contributed by atoms with E-state index in [2.05, 4.69) is 10.5 Å². The normalized spacial score (nSPS) is 11.2. The van der Waals surface area contributed by atoms with Gasteiger partial charge < -0.3 is 9.47 Å². The first-order valence-electron chi connectivity index (χ1n) is 8.61. The van der Waals surface area contributed by atoms with E-state index in [1.54, 1.807) is 25.3 Å². The Morgan fingerprint density at radius 1 is 1.15 bits per heavy atom. The second-order valence-corrected chi connectivity index (χ2v) is 6.55. The zero-order valence-electron chi connectivity index (χ0n) is 15.3. The molecule has 2 rings (SSSR count). The van der Waals surface area contributed by atoms with Crippen LogP contribution in [0.1, 0.15) is 31.7 Å². The second-order valence-electron chi connectivity index (χ2n) is 5.70. The van der Waals surface area contributed by atoms with Crippen molar-refractivity contribution in [2.75, 3.05) is 13.7 Å². The highest BCUT2D eigenvalue weighted by Crippen LogP contribution is 2.27. The van der Waals surface area contributed by atoms with E-state index < -0.39 is 0 Å². The van der Waals surface area contributed by atoms with Crippen molar-refractivity contribution in [1.82, 2.24) is 5.43 Å². The Morgan fingerprint density at radius 3 is 2.52 bits per heavy atom. The fraction of sp³-hybridized carbons (Fsp3) is 0.300. The van der Waals surface area contributed by atoms with Crippen molar-refractivity contribution in [1.29, 1.82) is 0 Å². The van der Waals surface area contributed by atoms with E-state index >= 15 is 0 Å². The van der Waals surface area contributed by atoms with Gasteiger partial charge in [0.1, 0.15) is 11.5 Å². The average molecular weight is 409 g/mol. The van der Waals surface area contributed by atoms with E-state index in [1.165, 1.54) is 0 Å². The maximum Gasteiger partial charge on any atom is 0.240 e. The monoisotopic (exact) mass is 408 g/mol. The third-order valence-corrected chi connectivity index (χ3v) is 4.30. The van der Waals surface area contributed by atoms with Crippen LogP contribution < -0.4 is 14.9 Å². The largest absolute Gasteiger partial charge is 0.497 e. The maximum atomic E-state index is 12.0. The van der Waals surface area contributed by atoms with Crippen molar-refractivity contribution >= 4 is 34.8 Å². The average Bonchev–Trinajstić information content (AvgIpc) is 2.67. The van der Waals surface area contributed by atoms with Crippen molar-refractivity contribution in [3.63, 3.8) is 0 Å². The molecular formula is C20H22Cl2N2O3. The van der Waals surface area contributed by atoms with E-state index in [9.17, 15) is 4.79 Å². The highest BCUT2D eigenvalue weighted by atomic mass is 35.5. The molecule has 0 aliphatic heterocycles. The molecule has 0 spiro atoms. The Hall–Kier alpha value is -2.24.